The molecule has 0 fully saturated rings. The van der Waals surface area contributed by atoms with E-state index >= 15 is 0 Å². The largest absolute Gasteiger partial charge is 1.00 e. The molecule has 4 N–H and O–H groups in total. The van der Waals surface area contributed by atoms with Gasteiger partial charge in [-0.25, -0.2) is 0 Å². The summed E-state index contributed by atoms with van der Waals surface area (Å²) in [6.45, 7) is 10.3. The number of carbonyl (C=O) groups is 2. The Hall–Kier alpha value is -0.670. The zero-order chi connectivity index (χ0) is 15.2. The summed E-state index contributed by atoms with van der Waals surface area (Å²) in [7, 11) is -3.66. The summed E-state index contributed by atoms with van der Waals surface area (Å²) in [6.07, 6.45) is 2.31. The fourth-order valence-corrected chi connectivity index (χ4v) is 0.246. The summed E-state index contributed by atoms with van der Waals surface area (Å²) >= 11 is 0. The first kappa shape index (κ1) is 26.8. The smallest absolute Gasteiger partial charge is 0.366 e. The molecule has 7 nitrogen and oxygen atoms in total. The fourth-order valence-electron chi connectivity index (χ4n) is 0.246. The normalized spacial score (nSPS) is 8.16. The maximum Gasteiger partial charge on any atom is 1.00 e. The Labute approximate surface area is 136 Å². The molecule has 0 saturated carbocycles. The molecule has 0 rings (SSSR count). The van der Waals surface area contributed by atoms with Crippen LogP contribution in [-0.2, 0) is 19.7 Å². The maximum absolute atomic E-state index is 10.2. The van der Waals surface area contributed by atoms with Crippen molar-refractivity contribution in [2.45, 2.75) is 13.8 Å². The van der Waals surface area contributed by atoms with Crippen molar-refractivity contribution in [2.75, 3.05) is 12.3 Å². The molecule has 0 aliphatic heterocycles. The van der Waals surface area contributed by atoms with E-state index in [0.29, 0.717) is 6.54 Å². The SMILES string of the molecule is C=CC(=O)NCC.C=CC(N)=O.CCS(=O)(=O)O.[Na+]. The van der Waals surface area contributed by atoms with Crippen LogP contribution in [0.25, 0.3) is 0 Å². The van der Waals surface area contributed by atoms with Crippen LogP contribution in [0, 0.1) is 0 Å². The standard InChI is InChI=1S/C5H9NO.C3H5NO.C2H6O3S.Na/c1-3-5(7)6-4-2;1-2-3(4)5;1-2-6(3,4)5;/h3H,1,4H2,2H3,(H,6,7);2H,1H2,(H2,4,5);2H2,1H3,(H,3,4,5);/q;;;+1. The number of amides is 2. The van der Waals surface area contributed by atoms with E-state index in [1.165, 1.54) is 13.0 Å². The van der Waals surface area contributed by atoms with Gasteiger partial charge in [-0.2, -0.15) is 8.42 Å². The van der Waals surface area contributed by atoms with Gasteiger partial charge in [-0.15, -0.1) is 0 Å². The Bertz CT molecular complexity index is 368. The van der Waals surface area contributed by atoms with Crippen molar-refractivity contribution in [3.05, 3.63) is 25.3 Å². The molecule has 19 heavy (non-hydrogen) atoms. The van der Waals surface area contributed by atoms with Gasteiger partial charge in [-0.3, -0.25) is 14.1 Å². The third-order valence-electron chi connectivity index (χ3n) is 1.10. The third-order valence-corrected chi connectivity index (χ3v) is 1.83. The van der Waals surface area contributed by atoms with Crippen molar-refractivity contribution in [3.8, 4) is 0 Å². The summed E-state index contributed by atoms with van der Waals surface area (Å²) in [5.74, 6) is -0.792. The number of rotatable bonds is 4. The van der Waals surface area contributed by atoms with Crippen molar-refractivity contribution < 1.29 is 52.1 Å². The molecule has 2 amide bonds. The Morgan fingerprint density at radius 3 is 1.63 bits per heavy atom. The molecule has 0 aromatic heterocycles. The van der Waals surface area contributed by atoms with Gasteiger partial charge >= 0.3 is 29.6 Å². The van der Waals surface area contributed by atoms with E-state index in [4.69, 9.17) is 4.55 Å². The monoisotopic (exact) mass is 303 g/mol. The second-order valence-corrected chi connectivity index (χ2v) is 4.32. The van der Waals surface area contributed by atoms with Gasteiger partial charge < -0.3 is 11.1 Å². The zero-order valence-corrected chi connectivity index (χ0v) is 14.4. The summed E-state index contributed by atoms with van der Waals surface area (Å²) < 4.78 is 26.9. The molecule has 0 aromatic rings. The van der Waals surface area contributed by atoms with Gasteiger partial charge in [0, 0.05) is 6.54 Å². The topological polar surface area (TPSA) is 127 Å². The van der Waals surface area contributed by atoms with Crippen LogP contribution in [0.2, 0.25) is 0 Å². The number of nitrogens with one attached hydrogen (secondary N) is 1. The Kier molecular flexibility index (Phi) is 24.5. The van der Waals surface area contributed by atoms with Crippen molar-refractivity contribution in [3.63, 3.8) is 0 Å². The summed E-state index contributed by atoms with van der Waals surface area (Å²) in [4.78, 5) is 19.7. The Morgan fingerprint density at radius 2 is 1.58 bits per heavy atom. The van der Waals surface area contributed by atoms with Gasteiger partial charge in [-0.1, -0.05) is 13.2 Å². The van der Waals surface area contributed by atoms with Crippen LogP contribution in [0.3, 0.4) is 0 Å². The first-order valence-electron chi connectivity index (χ1n) is 4.91. The second kappa shape index (κ2) is 17.3. The molecule has 0 saturated heterocycles. The van der Waals surface area contributed by atoms with Gasteiger partial charge in [0.2, 0.25) is 11.8 Å². The second-order valence-electron chi connectivity index (χ2n) is 2.58. The first-order valence-corrected chi connectivity index (χ1v) is 6.52. The molecule has 0 radical (unpaired) electrons. The van der Waals surface area contributed by atoms with Crippen LogP contribution >= 0.6 is 0 Å². The van der Waals surface area contributed by atoms with Crippen molar-refractivity contribution in [1.29, 1.82) is 0 Å². The van der Waals surface area contributed by atoms with E-state index in [0.717, 1.165) is 6.08 Å². The van der Waals surface area contributed by atoms with E-state index in [2.05, 4.69) is 24.2 Å². The van der Waals surface area contributed by atoms with E-state index in [-0.39, 0.29) is 41.2 Å². The zero-order valence-electron chi connectivity index (χ0n) is 11.5. The van der Waals surface area contributed by atoms with E-state index in [9.17, 15) is 18.0 Å². The molecule has 106 valence electrons. The van der Waals surface area contributed by atoms with Gasteiger partial charge in [0.05, 0.1) is 5.75 Å². The minimum atomic E-state index is -3.66. The Balaban J connectivity index is -0.0000000878. The number of carbonyl (C=O) groups excluding carboxylic acids is 2. The van der Waals surface area contributed by atoms with Gasteiger partial charge in [0.1, 0.15) is 0 Å². The average molecular weight is 303 g/mol. The number of primary amides is 1. The predicted octanol–water partition coefficient (Wildman–Crippen LogP) is -3.14. The molecule has 0 aliphatic carbocycles. The molecular formula is C10H20N2NaO5S+. The van der Waals surface area contributed by atoms with Crippen LogP contribution < -0.4 is 40.6 Å². The minimum absolute atomic E-state index is 0. The summed E-state index contributed by atoms with van der Waals surface area (Å²) in [5.41, 5.74) is 4.53. The van der Waals surface area contributed by atoms with Crippen LogP contribution in [-0.4, -0.2) is 37.1 Å². The average Bonchev–Trinajstić information content (AvgIpc) is 2.30. The third kappa shape index (κ3) is 46.8. The van der Waals surface area contributed by atoms with Crippen molar-refractivity contribution in [2.24, 2.45) is 5.73 Å². The van der Waals surface area contributed by atoms with Crippen LogP contribution in [0.5, 0.6) is 0 Å². The molecule has 0 heterocycles. The van der Waals surface area contributed by atoms with Gasteiger partial charge in [0.15, 0.2) is 0 Å². The van der Waals surface area contributed by atoms with Crippen LogP contribution in [0.4, 0.5) is 0 Å². The minimum Gasteiger partial charge on any atom is -0.366 e. The quantitative estimate of drug-likeness (QED) is 0.287. The molecule has 0 spiro atoms. The van der Waals surface area contributed by atoms with E-state index in [1.54, 1.807) is 0 Å². The number of hydrogen-bond donors (Lipinski definition) is 3. The van der Waals surface area contributed by atoms with E-state index < -0.39 is 16.0 Å². The van der Waals surface area contributed by atoms with E-state index in [1.807, 2.05) is 6.92 Å². The molecule has 9 heteroatoms. The molecule has 0 atom stereocenters. The van der Waals surface area contributed by atoms with Gasteiger partial charge in [-0.05, 0) is 26.0 Å². The van der Waals surface area contributed by atoms with Crippen molar-refractivity contribution >= 4 is 21.9 Å². The predicted molar refractivity (Wildman–Crippen MR) is 70.4 cm³/mol. The number of hydrogen-bond acceptors (Lipinski definition) is 4. The summed E-state index contributed by atoms with van der Waals surface area (Å²) in [5, 5.41) is 2.54. The molecule has 0 bridgehead atoms. The van der Waals surface area contributed by atoms with Crippen molar-refractivity contribution in [1.82, 2.24) is 5.32 Å². The maximum atomic E-state index is 10.2. The van der Waals surface area contributed by atoms with Crippen LogP contribution in [0.1, 0.15) is 13.8 Å². The Morgan fingerprint density at radius 1 is 1.26 bits per heavy atom. The molecule has 0 aliphatic rings. The number of likely N-dealkylation sites (N-methyl/N-ethyl adjacent to an activating group) is 1. The van der Waals surface area contributed by atoms with Gasteiger partial charge in [0.25, 0.3) is 10.1 Å². The molecular weight excluding hydrogens is 283 g/mol. The first-order chi connectivity index (χ1) is 8.14. The number of nitrogens with two attached hydrogens (primary N) is 1. The van der Waals surface area contributed by atoms with Crippen LogP contribution in [0.15, 0.2) is 25.3 Å². The molecule has 0 unspecified atom stereocenters. The summed E-state index contributed by atoms with van der Waals surface area (Å²) in [6, 6.07) is 0. The fraction of sp³-hybridized carbons (Fsp3) is 0.400. The molecule has 0 aromatic carbocycles.